The molecule has 1 aromatic rings. The highest BCUT2D eigenvalue weighted by atomic mass is 16.6. The number of aryl methyl sites for hydroxylation is 1. The van der Waals surface area contributed by atoms with E-state index in [1.807, 2.05) is 6.92 Å². The molecule has 0 N–H and O–H groups in total. The Hall–Kier alpha value is -2.57. The van der Waals surface area contributed by atoms with Crippen LogP contribution in [0.1, 0.15) is 31.7 Å². The standard InChI is InChI=1S/C18H18N2O5/c1-2-9-3-5-11(20(24)25)8-13(9)19-17(22)15-10-4-6-12(14(21)7-10)16(15)18(19)23/h3,5,8,10,12,15-16H,2,4,6-7H2,1H3/t10-,12+,15+,16-/m0/s1. The van der Waals surface area contributed by atoms with Crippen molar-refractivity contribution >= 4 is 29.0 Å². The number of fused-ring (bicyclic) bond motifs is 2. The van der Waals surface area contributed by atoms with Crippen LogP contribution >= 0.6 is 0 Å². The minimum Gasteiger partial charge on any atom is -0.299 e. The van der Waals surface area contributed by atoms with Gasteiger partial charge in [0.2, 0.25) is 11.8 Å². The maximum absolute atomic E-state index is 13.0. The second-order valence-electron chi connectivity index (χ2n) is 7.10. The van der Waals surface area contributed by atoms with Crippen LogP contribution in [0.3, 0.4) is 0 Å². The van der Waals surface area contributed by atoms with E-state index in [2.05, 4.69) is 0 Å². The summed E-state index contributed by atoms with van der Waals surface area (Å²) in [6.07, 6.45) is 2.37. The van der Waals surface area contributed by atoms with Gasteiger partial charge < -0.3 is 0 Å². The predicted molar refractivity (Wildman–Crippen MR) is 87.8 cm³/mol. The number of nitro benzene ring substituents is 1. The fourth-order valence-corrected chi connectivity index (χ4v) is 4.79. The van der Waals surface area contributed by atoms with Crippen LogP contribution in [0.5, 0.6) is 0 Å². The SMILES string of the molecule is CCc1ccc([N+](=O)[O-])cc1N1C(=O)[C@@H]2[C@H]3CC[C@H](C(=O)C3)[C@@H]2C1=O. The monoisotopic (exact) mass is 342 g/mol. The van der Waals surface area contributed by atoms with Crippen molar-refractivity contribution in [3.05, 3.63) is 33.9 Å². The van der Waals surface area contributed by atoms with Gasteiger partial charge in [0.15, 0.2) is 0 Å². The Morgan fingerprint density at radius 3 is 2.52 bits per heavy atom. The van der Waals surface area contributed by atoms with E-state index >= 15 is 0 Å². The smallest absolute Gasteiger partial charge is 0.271 e. The molecule has 0 aromatic heterocycles. The van der Waals surface area contributed by atoms with E-state index < -0.39 is 16.8 Å². The maximum atomic E-state index is 13.0. The Balaban J connectivity index is 1.81. The molecule has 1 heterocycles. The summed E-state index contributed by atoms with van der Waals surface area (Å²) in [7, 11) is 0. The number of nitro groups is 1. The maximum Gasteiger partial charge on any atom is 0.271 e. The molecule has 1 aliphatic heterocycles. The molecule has 4 atom stereocenters. The molecule has 1 aromatic carbocycles. The van der Waals surface area contributed by atoms with E-state index in [0.29, 0.717) is 30.5 Å². The molecule has 3 saturated carbocycles. The van der Waals surface area contributed by atoms with E-state index in [0.717, 1.165) is 11.3 Å². The molecule has 2 amide bonds. The van der Waals surface area contributed by atoms with Gasteiger partial charge in [0.25, 0.3) is 5.69 Å². The highest BCUT2D eigenvalue weighted by molar-refractivity contribution is 6.24. The second-order valence-corrected chi connectivity index (χ2v) is 7.10. The average molecular weight is 342 g/mol. The second kappa shape index (κ2) is 5.47. The number of imide groups is 1. The average Bonchev–Trinajstić information content (AvgIpc) is 2.87. The van der Waals surface area contributed by atoms with Crippen LogP contribution in [-0.4, -0.2) is 22.5 Å². The summed E-state index contributed by atoms with van der Waals surface area (Å²) in [5.41, 5.74) is 0.860. The van der Waals surface area contributed by atoms with E-state index in [-0.39, 0.29) is 35.1 Å². The van der Waals surface area contributed by atoms with E-state index in [1.54, 1.807) is 6.07 Å². The topological polar surface area (TPSA) is 97.6 Å². The summed E-state index contributed by atoms with van der Waals surface area (Å²) < 4.78 is 0. The molecule has 4 aliphatic rings. The van der Waals surface area contributed by atoms with Crippen molar-refractivity contribution in [2.45, 2.75) is 32.6 Å². The number of nitrogens with zero attached hydrogens (tertiary/aromatic N) is 2. The number of Topliss-reactive ketones (excluding diaryl/α,β-unsaturated/α-hetero) is 1. The highest BCUT2D eigenvalue weighted by Gasteiger charge is 2.61. The molecule has 7 heteroatoms. The Kier molecular flexibility index (Phi) is 3.49. The summed E-state index contributed by atoms with van der Waals surface area (Å²) in [5, 5.41) is 11.1. The third-order valence-electron chi connectivity index (χ3n) is 5.97. The number of hydrogen-bond acceptors (Lipinski definition) is 5. The first-order valence-electron chi connectivity index (χ1n) is 8.61. The van der Waals surface area contributed by atoms with Crippen LogP contribution in [0.25, 0.3) is 0 Å². The first kappa shape index (κ1) is 15.9. The number of benzene rings is 1. The molecule has 1 saturated heterocycles. The van der Waals surface area contributed by atoms with Crippen LogP contribution in [0.4, 0.5) is 11.4 Å². The molecule has 5 rings (SSSR count). The Morgan fingerprint density at radius 1 is 1.16 bits per heavy atom. The van der Waals surface area contributed by atoms with Gasteiger partial charge >= 0.3 is 0 Å². The predicted octanol–water partition coefficient (Wildman–Crippen LogP) is 2.26. The molecule has 3 aliphatic carbocycles. The molecular formula is C18H18N2O5. The van der Waals surface area contributed by atoms with Gasteiger partial charge in [-0.1, -0.05) is 13.0 Å². The van der Waals surface area contributed by atoms with Crippen LogP contribution in [0.15, 0.2) is 18.2 Å². The molecule has 0 unspecified atom stereocenters. The zero-order chi connectivity index (χ0) is 17.9. The molecule has 0 spiro atoms. The molecule has 25 heavy (non-hydrogen) atoms. The first-order valence-corrected chi connectivity index (χ1v) is 8.61. The number of hydrogen-bond donors (Lipinski definition) is 0. The summed E-state index contributed by atoms with van der Waals surface area (Å²) >= 11 is 0. The molecule has 130 valence electrons. The number of non-ortho nitro benzene ring substituents is 1. The normalized spacial score (nSPS) is 30.8. The number of ketones is 1. The van der Waals surface area contributed by atoms with Gasteiger partial charge in [0.05, 0.1) is 22.4 Å². The van der Waals surface area contributed by atoms with Crippen molar-refractivity contribution in [1.29, 1.82) is 0 Å². The lowest BCUT2D eigenvalue weighted by atomic mass is 9.59. The van der Waals surface area contributed by atoms with Crippen LogP contribution in [0.2, 0.25) is 0 Å². The van der Waals surface area contributed by atoms with Crippen LogP contribution < -0.4 is 4.90 Å². The van der Waals surface area contributed by atoms with E-state index in [4.69, 9.17) is 0 Å². The van der Waals surface area contributed by atoms with Crippen LogP contribution in [-0.2, 0) is 20.8 Å². The van der Waals surface area contributed by atoms with Gasteiger partial charge in [0, 0.05) is 24.5 Å². The van der Waals surface area contributed by atoms with Crippen LogP contribution in [0, 0.1) is 33.8 Å². The van der Waals surface area contributed by atoms with Crippen molar-refractivity contribution in [2.24, 2.45) is 23.7 Å². The minimum absolute atomic E-state index is 0.0762. The highest BCUT2D eigenvalue weighted by Crippen LogP contribution is 2.52. The number of rotatable bonds is 3. The van der Waals surface area contributed by atoms with E-state index in [1.165, 1.54) is 12.1 Å². The van der Waals surface area contributed by atoms with Crippen molar-refractivity contribution < 1.29 is 19.3 Å². The lowest BCUT2D eigenvalue weighted by Crippen LogP contribution is -2.46. The fraction of sp³-hybridized carbons (Fsp3) is 0.500. The summed E-state index contributed by atoms with van der Waals surface area (Å²) in [4.78, 5) is 49.9. The lowest BCUT2D eigenvalue weighted by Gasteiger charge is -2.41. The Bertz CT molecular complexity index is 818. The van der Waals surface area contributed by atoms with Gasteiger partial charge in [-0.05, 0) is 30.7 Å². The van der Waals surface area contributed by atoms with E-state index in [9.17, 15) is 24.5 Å². The van der Waals surface area contributed by atoms with Gasteiger partial charge in [-0.25, -0.2) is 4.90 Å². The number of carbonyl (C=O) groups is 3. The van der Waals surface area contributed by atoms with Gasteiger partial charge in [0.1, 0.15) is 5.78 Å². The zero-order valence-corrected chi connectivity index (χ0v) is 13.8. The number of anilines is 1. The minimum atomic E-state index is -0.587. The fourth-order valence-electron chi connectivity index (χ4n) is 4.79. The van der Waals surface area contributed by atoms with Crippen molar-refractivity contribution in [1.82, 2.24) is 0 Å². The number of carbonyl (C=O) groups excluding carboxylic acids is 3. The third kappa shape index (κ3) is 2.14. The first-order chi connectivity index (χ1) is 11.9. The Morgan fingerprint density at radius 2 is 1.88 bits per heavy atom. The van der Waals surface area contributed by atoms with Gasteiger partial charge in [-0.15, -0.1) is 0 Å². The Labute approximate surface area is 144 Å². The zero-order valence-electron chi connectivity index (χ0n) is 13.8. The quantitative estimate of drug-likeness (QED) is 0.477. The third-order valence-corrected chi connectivity index (χ3v) is 5.97. The van der Waals surface area contributed by atoms with Crippen molar-refractivity contribution in [3.63, 3.8) is 0 Å². The lowest BCUT2D eigenvalue weighted by molar-refractivity contribution is -0.384. The molecule has 2 bridgehead atoms. The molecule has 4 fully saturated rings. The van der Waals surface area contributed by atoms with Gasteiger partial charge in [-0.2, -0.15) is 0 Å². The summed E-state index contributed by atoms with van der Waals surface area (Å²) in [5.74, 6) is -2.08. The largest absolute Gasteiger partial charge is 0.299 e. The molecule has 0 radical (unpaired) electrons. The molecule has 7 nitrogen and oxygen atoms in total. The molecular weight excluding hydrogens is 324 g/mol. The summed E-state index contributed by atoms with van der Waals surface area (Å²) in [6, 6.07) is 4.28. The number of amides is 2. The van der Waals surface area contributed by atoms with Gasteiger partial charge in [-0.3, -0.25) is 24.5 Å². The van der Waals surface area contributed by atoms with Crippen molar-refractivity contribution in [3.8, 4) is 0 Å². The van der Waals surface area contributed by atoms with Crippen molar-refractivity contribution in [2.75, 3.05) is 4.90 Å². The summed E-state index contributed by atoms with van der Waals surface area (Å²) in [6.45, 7) is 1.87.